The minimum absolute atomic E-state index is 0. The number of rotatable bonds is 8. The predicted octanol–water partition coefficient (Wildman–Crippen LogP) is 2.91. The number of nitrogens with one attached hydrogen (secondary N) is 1. The molecule has 0 spiro atoms. The first kappa shape index (κ1) is 33.8. The molecule has 0 saturated heterocycles. The van der Waals surface area contributed by atoms with Gasteiger partial charge in [0.05, 0.1) is 42.6 Å². The van der Waals surface area contributed by atoms with Crippen molar-refractivity contribution in [1.29, 1.82) is 5.26 Å². The Hall–Kier alpha value is -3.70. The molecule has 4 rings (SSSR count). The average molecular weight is 693 g/mol. The van der Waals surface area contributed by atoms with Crippen LogP contribution in [0.3, 0.4) is 0 Å². The Morgan fingerprint density at radius 1 is 1.19 bits per heavy atom. The number of nitriles is 1. The number of amides is 3. The number of carbonyl (C=O) groups excluding carboxylic acids is 3. The molecule has 0 saturated carbocycles. The molecule has 14 heteroatoms. The van der Waals surface area contributed by atoms with Crippen molar-refractivity contribution in [2.24, 2.45) is 11.7 Å². The average Bonchev–Trinajstić information content (AvgIpc) is 3.06. The number of sulfone groups is 1. The second kappa shape index (κ2) is 12.9. The summed E-state index contributed by atoms with van der Waals surface area (Å²) in [5.74, 6) is -3.78. The first-order valence-electron chi connectivity index (χ1n) is 12.8. The second-order valence-electron chi connectivity index (χ2n) is 10.3. The number of benzene rings is 3. The van der Waals surface area contributed by atoms with Gasteiger partial charge in [0.1, 0.15) is 17.0 Å². The zero-order valence-corrected chi connectivity index (χ0v) is 27.1. The summed E-state index contributed by atoms with van der Waals surface area (Å²) in [7, 11) is -0.786. The predicted molar refractivity (Wildman–Crippen MR) is 170 cm³/mol. The van der Waals surface area contributed by atoms with E-state index in [1.54, 1.807) is 6.07 Å². The maximum atomic E-state index is 14.5. The van der Waals surface area contributed by atoms with Gasteiger partial charge in [0.15, 0.2) is 9.84 Å². The molecule has 0 aliphatic carbocycles. The fourth-order valence-corrected chi connectivity index (χ4v) is 6.28. The van der Waals surface area contributed by atoms with Gasteiger partial charge in [0.25, 0.3) is 0 Å². The van der Waals surface area contributed by atoms with Crippen molar-refractivity contribution in [2.45, 2.75) is 19.0 Å². The van der Waals surface area contributed by atoms with Gasteiger partial charge in [-0.1, -0.05) is 28.1 Å². The summed E-state index contributed by atoms with van der Waals surface area (Å²) < 4.78 is 30.8. The van der Waals surface area contributed by atoms with Crippen LogP contribution in [0, 0.1) is 17.2 Å². The number of carbonyl (C=O) groups is 3. The van der Waals surface area contributed by atoms with E-state index >= 15 is 0 Å². The first-order valence-corrected chi connectivity index (χ1v) is 15.7. The highest BCUT2D eigenvalue weighted by Crippen LogP contribution is 2.41. The van der Waals surface area contributed by atoms with E-state index in [4.69, 9.17) is 10.5 Å². The van der Waals surface area contributed by atoms with Crippen LogP contribution in [0.4, 0.5) is 11.4 Å². The molecular weight excluding hydrogens is 662 g/mol. The van der Waals surface area contributed by atoms with E-state index in [1.165, 1.54) is 44.2 Å². The molecule has 3 aromatic carbocycles. The van der Waals surface area contributed by atoms with Gasteiger partial charge < -0.3 is 25.6 Å². The smallest absolute Gasteiger partial charge is 0.242 e. The number of likely N-dealkylation sites (N-methyl/N-ethyl adjacent to an activating group) is 1. The van der Waals surface area contributed by atoms with Gasteiger partial charge >= 0.3 is 0 Å². The number of halogens is 2. The lowest BCUT2D eigenvalue weighted by atomic mass is 9.83. The standard InChI is InChI=1S/C29H30BrN5O6S.ClH/c1-29(33-2,28(32)38)21-15-34(26(36)16-42(4,39)40)24-12-17(13-31)8-10-23(24)35(27(21)37)14-20-18-6-5-7-22(30)19(18)9-11-25(20)41-3;/h5-12,21,33H,14-16H2,1-4H3,(H2,32,38);1H/t21-,29?;/m1./s1. The number of fused-ring (bicyclic) bond motifs is 2. The van der Waals surface area contributed by atoms with E-state index in [0.717, 1.165) is 26.4 Å². The van der Waals surface area contributed by atoms with Crippen molar-refractivity contribution >= 4 is 78.0 Å². The highest BCUT2D eigenvalue weighted by atomic mass is 79.9. The Labute approximate surface area is 264 Å². The van der Waals surface area contributed by atoms with Crippen LogP contribution in [-0.4, -0.2) is 64.4 Å². The molecule has 228 valence electrons. The van der Waals surface area contributed by atoms with Crippen LogP contribution in [0.25, 0.3) is 10.8 Å². The van der Waals surface area contributed by atoms with Crippen LogP contribution in [0.5, 0.6) is 5.75 Å². The summed E-state index contributed by atoms with van der Waals surface area (Å²) in [6, 6.07) is 15.8. The number of primary amides is 1. The van der Waals surface area contributed by atoms with Crippen LogP contribution in [0.15, 0.2) is 53.0 Å². The number of methoxy groups -OCH3 is 1. The minimum atomic E-state index is -3.77. The molecule has 2 atom stereocenters. The summed E-state index contributed by atoms with van der Waals surface area (Å²) in [4.78, 5) is 43.4. The number of nitrogens with two attached hydrogens (primary N) is 1. The van der Waals surface area contributed by atoms with Gasteiger partial charge in [-0.2, -0.15) is 5.26 Å². The van der Waals surface area contributed by atoms with Crippen molar-refractivity contribution in [3.05, 3.63) is 64.1 Å². The number of hydrogen-bond acceptors (Lipinski definition) is 8. The second-order valence-corrected chi connectivity index (χ2v) is 13.3. The molecule has 3 amide bonds. The van der Waals surface area contributed by atoms with Crippen molar-refractivity contribution in [2.75, 3.05) is 42.5 Å². The fourth-order valence-electron chi connectivity index (χ4n) is 5.18. The Morgan fingerprint density at radius 3 is 2.47 bits per heavy atom. The lowest BCUT2D eigenvalue weighted by Crippen LogP contribution is -2.63. The molecule has 1 unspecified atom stereocenters. The third kappa shape index (κ3) is 6.47. The molecule has 3 aromatic rings. The molecule has 1 aliphatic rings. The van der Waals surface area contributed by atoms with Crippen molar-refractivity contribution in [3.63, 3.8) is 0 Å². The highest BCUT2D eigenvalue weighted by Gasteiger charge is 2.49. The third-order valence-electron chi connectivity index (χ3n) is 7.64. The van der Waals surface area contributed by atoms with Gasteiger partial charge in [-0.3, -0.25) is 14.4 Å². The summed E-state index contributed by atoms with van der Waals surface area (Å²) in [6.07, 6.45) is 0.927. The monoisotopic (exact) mass is 691 g/mol. The molecule has 1 heterocycles. The maximum Gasteiger partial charge on any atom is 0.242 e. The van der Waals surface area contributed by atoms with Crippen molar-refractivity contribution in [1.82, 2.24) is 5.32 Å². The lowest BCUT2D eigenvalue weighted by molar-refractivity contribution is -0.133. The molecule has 0 bridgehead atoms. The Kier molecular flexibility index (Phi) is 10.1. The summed E-state index contributed by atoms with van der Waals surface area (Å²) in [5.41, 5.74) is 5.41. The Balaban J connectivity index is 0.00000506. The lowest BCUT2D eigenvalue weighted by Gasteiger charge is -2.36. The van der Waals surface area contributed by atoms with Crippen LogP contribution in [0.1, 0.15) is 18.1 Å². The van der Waals surface area contributed by atoms with Gasteiger partial charge in [-0.15, -0.1) is 12.4 Å². The molecule has 0 radical (unpaired) electrons. The summed E-state index contributed by atoms with van der Waals surface area (Å²) in [5, 5.41) is 14.2. The zero-order valence-electron chi connectivity index (χ0n) is 23.9. The number of ether oxygens (including phenoxy) is 1. The van der Waals surface area contributed by atoms with E-state index in [9.17, 15) is 28.1 Å². The van der Waals surface area contributed by atoms with E-state index in [0.29, 0.717) is 11.3 Å². The summed E-state index contributed by atoms with van der Waals surface area (Å²) in [6.45, 7) is 1.05. The van der Waals surface area contributed by atoms with Crippen LogP contribution in [-0.2, 0) is 30.8 Å². The SMILES string of the molecule is CNC(C)(C(N)=O)[C@@H]1CN(C(=O)CS(C)(=O)=O)c2cc(C#N)ccc2N(Cc2c(OC)ccc3c(Br)cccc23)C1=O.Cl. The van der Waals surface area contributed by atoms with Crippen molar-refractivity contribution in [3.8, 4) is 11.8 Å². The molecule has 0 aromatic heterocycles. The fraction of sp³-hybridized carbons (Fsp3) is 0.310. The molecule has 11 nitrogen and oxygen atoms in total. The molecule has 1 aliphatic heterocycles. The third-order valence-corrected chi connectivity index (χ3v) is 9.11. The number of hydrogen-bond donors (Lipinski definition) is 2. The van der Waals surface area contributed by atoms with E-state index in [2.05, 4.69) is 21.2 Å². The van der Waals surface area contributed by atoms with Crippen LogP contribution in [0.2, 0.25) is 0 Å². The largest absolute Gasteiger partial charge is 0.496 e. The van der Waals surface area contributed by atoms with Crippen LogP contribution >= 0.6 is 28.3 Å². The number of nitrogens with zero attached hydrogens (tertiary/aromatic N) is 3. The topological polar surface area (TPSA) is 163 Å². The summed E-state index contributed by atoms with van der Waals surface area (Å²) >= 11 is 3.57. The van der Waals surface area contributed by atoms with Gasteiger partial charge in [0, 0.05) is 22.8 Å². The zero-order chi connectivity index (χ0) is 31.0. The maximum absolute atomic E-state index is 14.5. The van der Waals surface area contributed by atoms with Gasteiger partial charge in [-0.25, -0.2) is 8.42 Å². The highest BCUT2D eigenvalue weighted by molar-refractivity contribution is 9.10. The Bertz CT molecular complexity index is 1760. The molecule has 0 fully saturated rings. The van der Waals surface area contributed by atoms with Gasteiger partial charge in [-0.05, 0) is 61.1 Å². The first-order chi connectivity index (χ1) is 19.7. The van der Waals surface area contributed by atoms with E-state index < -0.39 is 44.8 Å². The molecule has 3 N–H and O–H groups in total. The molecule has 43 heavy (non-hydrogen) atoms. The Morgan fingerprint density at radius 2 is 1.88 bits per heavy atom. The molecular formula is C29H31BrClN5O6S. The number of anilines is 2. The normalized spacial score (nSPS) is 16.4. The quantitative estimate of drug-likeness (QED) is 0.364. The van der Waals surface area contributed by atoms with E-state index in [-0.39, 0.29) is 42.4 Å². The van der Waals surface area contributed by atoms with Crippen LogP contribution < -0.4 is 25.6 Å². The van der Waals surface area contributed by atoms with Gasteiger partial charge in [0.2, 0.25) is 17.7 Å². The minimum Gasteiger partial charge on any atom is -0.496 e. The van der Waals surface area contributed by atoms with Crippen molar-refractivity contribution < 1.29 is 27.5 Å². The van der Waals surface area contributed by atoms with E-state index in [1.807, 2.05) is 30.3 Å².